The number of pyridine rings is 1. The molecule has 0 fully saturated rings. The van der Waals surface area contributed by atoms with Crippen molar-refractivity contribution in [3.63, 3.8) is 0 Å². The monoisotopic (exact) mass is 377 g/mol. The first-order valence-electron chi connectivity index (χ1n) is 8.42. The van der Waals surface area contributed by atoms with E-state index >= 15 is 0 Å². The Kier molecular flexibility index (Phi) is 6.22. The van der Waals surface area contributed by atoms with Crippen LogP contribution in [0.3, 0.4) is 0 Å². The summed E-state index contributed by atoms with van der Waals surface area (Å²) >= 11 is 1.37. The molecular formula is C21H19N3O2S. The first kappa shape index (κ1) is 18.7. The molecule has 1 aromatic heterocycles. The summed E-state index contributed by atoms with van der Waals surface area (Å²) in [7, 11) is 0. The van der Waals surface area contributed by atoms with Gasteiger partial charge in [0, 0.05) is 23.1 Å². The van der Waals surface area contributed by atoms with Crippen LogP contribution in [0.25, 0.3) is 0 Å². The van der Waals surface area contributed by atoms with Crippen molar-refractivity contribution in [1.29, 1.82) is 0 Å². The van der Waals surface area contributed by atoms with Crippen molar-refractivity contribution >= 4 is 35.0 Å². The summed E-state index contributed by atoms with van der Waals surface area (Å²) in [4.78, 5) is 28.7. The van der Waals surface area contributed by atoms with E-state index in [0.29, 0.717) is 16.9 Å². The molecule has 0 aliphatic rings. The lowest BCUT2D eigenvalue weighted by molar-refractivity contribution is -0.113. The van der Waals surface area contributed by atoms with Crippen molar-refractivity contribution in [3.05, 3.63) is 84.1 Å². The maximum atomic E-state index is 12.4. The lowest BCUT2D eigenvalue weighted by Crippen LogP contribution is -2.16. The summed E-state index contributed by atoms with van der Waals surface area (Å²) in [6.45, 7) is 1.91. The zero-order chi connectivity index (χ0) is 19.1. The molecule has 2 aromatic carbocycles. The first-order valence-corrected chi connectivity index (χ1v) is 9.41. The molecule has 2 amide bonds. The number of thioether (sulfide) groups is 1. The van der Waals surface area contributed by atoms with Gasteiger partial charge in [-0.1, -0.05) is 42.1 Å². The molecule has 0 spiro atoms. The van der Waals surface area contributed by atoms with Crippen molar-refractivity contribution in [2.45, 2.75) is 11.9 Å². The SMILES string of the molecule is Cc1ccc(NC(=O)CSc2ccccn2)cc1NC(=O)c1ccccc1. The maximum absolute atomic E-state index is 12.4. The Balaban J connectivity index is 1.62. The smallest absolute Gasteiger partial charge is 0.255 e. The van der Waals surface area contributed by atoms with Gasteiger partial charge in [-0.05, 0) is 48.9 Å². The lowest BCUT2D eigenvalue weighted by Gasteiger charge is -2.11. The fraction of sp³-hybridized carbons (Fsp3) is 0.0952. The minimum Gasteiger partial charge on any atom is -0.325 e. The maximum Gasteiger partial charge on any atom is 0.255 e. The predicted octanol–water partition coefficient (Wildman–Crippen LogP) is 4.37. The third-order valence-corrected chi connectivity index (χ3v) is 4.74. The zero-order valence-electron chi connectivity index (χ0n) is 14.8. The molecular weight excluding hydrogens is 358 g/mol. The van der Waals surface area contributed by atoms with Crippen LogP contribution in [0.1, 0.15) is 15.9 Å². The fourth-order valence-corrected chi connectivity index (χ4v) is 3.05. The molecule has 0 atom stereocenters. The van der Waals surface area contributed by atoms with Crippen molar-refractivity contribution in [1.82, 2.24) is 4.98 Å². The fourth-order valence-electron chi connectivity index (χ4n) is 2.39. The number of hydrogen-bond donors (Lipinski definition) is 2. The molecule has 27 heavy (non-hydrogen) atoms. The first-order chi connectivity index (χ1) is 13.1. The predicted molar refractivity (Wildman–Crippen MR) is 109 cm³/mol. The number of benzene rings is 2. The van der Waals surface area contributed by atoms with Gasteiger partial charge >= 0.3 is 0 Å². The van der Waals surface area contributed by atoms with E-state index < -0.39 is 0 Å². The standard InChI is InChI=1S/C21H19N3O2S/c1-15-10-11-17(23-19(25)14-27-20-9-5-6-12-22-20)13-18(15)24-21(26)16-7-3-2-4-8-16/h2-13H,14H2,1H3,(H,23,25)(H,24,26). The summed E-state index contributed by atoms with van der Waals surface area (Å²) < 4.78 is 0. The number of aryl methyl sites for hydroxylation is 1. The number of amides is 2. The summed E-state index contributed by atoms with van der Waals surface area (Å²) in [5.41, 5.74) is 2.80. The second-order valence-corrected chi connectivity index (χ2v) is 6.85. The Morgan fingerprint density at radius 2 is 1.74 bits per heavy atom. The average molecular weight is 377 g/mol. The topological polar surface area (TPSA) is 71.1 Å². The Bertz CT molecular complexity index is 931. The third-order valence-electron chi connectivity index (χ3n) is 3.79. The van der Waals surface area contributed by atoms with E-state index in [1.807, 2.05) is 55.5 Å². The second-order valence-electron chi connectivity index (χ2n) is 5.85. The largest absolute Gasteiger partial charge is 0.325 e. The molecule has 3 rings (SSSR count). The molecule has 0 unspecified atom stereocenters. The molecule has 0 aliphatic heterocycles. The van der Waals surface area contributed by atoms with Crippen LogP contribution in [0.4, 0.5) is 11.4 Å². The van der Waals surface area contributed by atoms with Gasteiger partial charge in [-0.25, -0.2) is 4.98 Å². The number of nitrogens with zero attached hydrogens (tertiary/aromatic N) is 1. The molecule has 2 N–H and O–H groups in total. The van der Waals surface area contributed by atoms with E-state index in [1.165, 1.54) is 11.8 Å². The van der Waals surface area contributed by atoms with E-state index in [0.717, 1.165) is 10.6 Å². The van der Waals surface area contributed by atoms with E-state index in [-0.39, 0.29) is 17.6 Å². The molecule has 0 saturated heterocycles. The van der Waals surface area contributed by atoms with Crippen LogP contribution in [0.15, 0.2) is 78.0 Å². The van der Waals surface area contributed by atoms with Gasteiger partial charge in [0.2, 0.25) is 5.91 Å². The van der Waals surface area contributed by atoms with E-state index in [4.69, 9.17) is 0 Å². The van der Waals surface area contributed by atoms with Gasteiger partial charge in [0.25, 0.3) is 5.91 Å². The molecule has 0 bridgehead atoms. The van der Waals surface area contributed by atoms with Crippen LogP contribution in [0, 0.1) is 6.92 Å². The van der Waals surface area contributed by atoms with Crippen LogP contribution < -0.4 is 10.6 Å². The summed E-state index contributed by atoms with van der Waals surface area (Å²) in [5.74, 6) is -0.0564. The van der Waals surface area contributed by atoms with Crippen molar-refractivity contribution < 1.29 is 9.59 Å². The Morgan fingerprint density at radius 3 is 2.48 bits per heavy atom. The highest BCUT2D eigenvalue weighted by Crippen LogP contribution is 2.22. The van der Waals surface area contributed by atoms with E-state index in [9.17, 15) is 9.59 Å². The Labute approximate surface area is 162 Å². The number of carbonyl (C=O) groups excluding carboxylic acids is 2. The minimum atomic E-state index is -0.187. The normalized spacial score (nSPS) is 10.3. The van der Waals surface area contributed by atoms with Gasteiger partial charge in [-0.15, -0.1) is 0 Å². The molecule has 1 heterocycles. The number of nitrogens with one attached hydrogen (secondary N) is 2. The van der Waals surface area contributed by atoms with Gasteiger partial charge in [0.15, 0.2) is 0 Å². The van der Waals surface area contributed by atoms with Gasteiger partial charge in [0.1, 0.15) is 0 Å². The highest BCUT2D eigenvalue weighted by molar-refractivity contribution is 7.99. The van der Waals surface area contributed by atoms with Gasteiger partial charge in [0.05, 0.1) is 10.8 Å². The van der Waals surface area contributed by atoms with Crippen LogP contribution in [0.2, 0.25) is 0 Å². The van der Waals surface area contributed by atoms with Crippen LogP contribution in [-0.2, 0) is 4.79 Å². The second kappa shape index (κ2) is 9.00. The van der Waals surface area contributed by atoms with Crippen molar-refractivity contribution in [2.24, 2.45) is 0 Å². The van der Waals surface area contributed by atoms with Crippen molar-refractivity contribution in [2.75, 3.05) is 16.4 Å². The number of rotatable bonds is 6. The number of anilines is 2. The Morgan fingerprint density at radius 1 is 0.963 bits per heavy atom. The highest BCUT2D eigenvalue weighted by Gasteiger charge is 2.10. The zero-order valence-corrected chi connectivity index (χ0v) is 15.6. The molecule has 0 saturated carbocycles. The Hall–Kier alpha value is -3.12. The van der Waals surface area contributed by atoms with Crippen molar-refractivity contribution in [3.8, 4) is 0 Å². The highest BCUT2D eigenvalue weighted by atomic mass is 32.2. The minimum absolute atomic E-state index is 0.130. The number of hydrogen-bond acceptors (Lipinski definition) is 4. The molecule has 5 nitrogen and oxygen atoms in total. The van der Waals surface area contributed by atoms with Crippen LogP contribution in [0.5, 0.6) is 0 Å². The lowest BCUT2D eigenvalue weighted by atomic mass is 10.1. The molecule has 136 valence electrons. The molecule has 3 aromatic rings. The number of carbonyl (C=O) groups is 2. The van der Waals surface area contributed by atoms with Gasteiger partial charge in [-0.2, -0.15) is 0 Å². The summed E-state index contributed by atoms with van der Waals surface area (Å²) in [6, 6.07) is 20.0. The van der Waals surface area contributed by atoms with Gasteiger partial charge in [-0.3, -0.25) is 9.59 Å². The van der Waals surface area contributed by atoms with E-state index in [2.05, 4.69) is 15.6 Å². The average Bonchev–Trinajstić information content (AvgIpc) is 2.70. The van der Waals surface area contributed by atoms with Gasteiger partial charge < -0.3 is 10.6 Å². The molecule has 0 aliphatic carbocycles. The molecule has 0 radical (unpaired) electrons. The van der Waals surface area contributed by atoms with E-state index in [1.54, 1.807) is 24.4 Å². The van der Waals surface area contributed by atoms with Crippen LogP contribution in [-0.4, -0.2) is 22.6 Å². The van der Waals surface area contributed by atoms with Crippen LogP contribution >= 0.6 is 11.8 Å². The summed E-state index contributed by atoms with van der Waals surface area (Å²) in [5, 5.41) is 6.54. The molecule has 6 heteroatoms. The third kappa shape index (κ3) is 5.43. The number of aromatic nitrogens is 1. The summed E-state index contributed by atoms with van der Waals surface area (Å²) in [6.07, 6.45) is 1.70. The quantitative estimate of drug-likeness (QED) is 0.626.